The zero-order chi connectivity index (χ0) is 21.4. The highest BCUT2D eigenvalue weighted by atomic mass is 19.1. The summed E-state index contributed by atoms with van der Waals surface area (Å²) >= 11 is 0. The molecule has 0 fully saturated rings. The average molecular weight is 411 g/mol. The Bertz CT molecular complexity index is 1200. The number of amides is 1. The number of benzene rings is 3. The van der Waals surface area contributed by atoms with Crippen LogP contribution in [0.25, 0.3) is 0 Å². The number of hydrogen-bond donors (Lipinski definition) is 1. The van der Waals surface area contributed by atoms with Crippen molar-refractivity contribution in [2.75, 3.05) is 18.0 Å². The molecule has 1 unspecified atom stereocenters. The maximum atomic E-state index is 15.1. The number of aliphatic imine (C=N–C) groups is 1. The van der Waals surface area contributed by atoms with Gasteiger partial charge in [-0.1, -0.05) is 66.2 Å². The molecular weight excluding hydrogens is 389 g/mol. The molecule has 2 aliphatic rings. The molecule has 1 N–H and O–H groups in total. The Morgan fingerprint density at radius 2 is 1.68 bits per heavy atom. The zero-order valence-electron chi connectivity index (χ0n) is 17.2. The summed E-state index contributed by atoms with van der Waals surface area (Å²) in [6.45, 7) is 3.12. The predicted molar refractivity (Wildman–Crippen MR) is 121 cm³/mol. The van der Waals surface area contributed by atoms with Crippen molar-refractivity contribution < 1.29 is 9.18 Å². The number of rotatable bonds is 3. The molecule has 0 spiro atoms. The first kappa shape index (κ1) is 19.2. The second kappa shape index (κ2) is 7.84. The van der Waals surface area contributed by atoms with Crippen LogP contribution in [0.15, 0.2) is 95.1 Å². The van der Waals surface area contributed by atoms with Gasteiger partial charge in [0.15, 0.2) is 0 Å². The van der Waals surface area contributed by atoms with Crippen LogP contribution in [-0.4, -0.2) is 24.7 Å². The minimum Gasteiger partial charge on any atom is -0.378 e. The lowest BCUT2D eigenvalue weighted by Crippen LogP contribution is -2.34. The Balaban J connectivity index is 1.74. The van der Waals surface area contributed by atoms with Gasteiger partial charge in [-0.05, 0) is 25.1 Å². The first-order valence-corrected chi connectivity index (χ1v) is 10.4. The highest BCUT2D eigenvalue weighted by Gasteiger charge is 2.44. The number of halogens is 1. The van der Waals surface area contributed by atoms with Crippen LogP contribution in [-0.2, 0) is 4.79 Å². The molecule has 0 bridgehead atoms. The molecule has 0 radical (unpaired) electrons. The Labute approximate surface area is 180 Å². The lowest BCUT2D eigenvalue weighted by molar-refractivity contribution is -0.115. The molecule has 3 aromatic rings. The van der Waals surface area contributed by atoms with E-state index < -0.39 is 6.04 Å². The summed E-state index contributed by atoms with van der Waals surface area (Å²) < 4.78 is 15.1. The number of carbonyl (C=O) groups is 1. The standard InChI is InChI=1S/C26H22FN3O/c1-17-11-13-18(14-12-17)23-22-24(29-16-15-28-23)26(31)30(19-7-3-2-4-8-19)25(22)20-9-5-6-10-21(20)27/h2-14,25,29H,15-16H2,1H3. The van der Waals surface area contributed by atoms with Crippen LogP contribution in [0.4, 0.5) is 10.1 Å². The summed E-state index contributed by atoms with van der Waals surface area (Å²) in [6, 6.07) is 23.5. The van der Waals surface area contributed by atoms with E-state index in [1.165, 1.54) is 6.07 Å². The van der Waals surface area contributed by atoms with Crippen molar-refractivity contribution >= 4 is 17.3 Å². The van der Waals surface area contributed by atoms with Crippen LogP contribution in [0.1, 0.15) is 22.7 Å². The molecule has 2 heterocycles. The third kappa shape index (κ3) is 3.32. The van der Waals surface area contributed by atoms with Gasteiger partial charge in [0, 0.05) is 28.9 Å². The van der Waals surface area contributed by atoms with Crippen molar-refractivity contribution in [2.24, 2.45) is 4.99 Å². The summed E-state index contributed by atoms with van der Waals surface area (Å²) in [5.41, 5.74) is 5.19. The van der Waals surface area contributed by atoms with Gasteiger partial charge in [0.2, 0.25) is 0 Å². The normalized spacial score (nSPS) is 18.4. The van der Waals surface area contributed by atoms with E-state index in [4.69, 9.17) is 4.99 Å². The fraction of sp³-hybridized carbons (Fsp3) is 0.154. The first-order chi connectivity index (χ1) is 15.1. The monoisotopic (exact) mass is 411 g/mol. The zero-order valence-corrected chi connectivity index (χ0v) is 17.2. The molecule has 1 amide bonds. The number of hydrogen-bond acceptors (Lipinski definition) is 3. The molecule has 1 atom stereocenters. The topological polar surface area (TPSA) is 44.7 Å². The van der Waals surface area contributed by atoms with Crippen LogP contribution >= 0.6 is 0 Å². The molecule has 0 aliphatic carbocycles. The number of nitrogens with zero attached hydrogens (tertiary/aromatic N) is 2. The van der Waals surface area contributed by atoms with Gasteiger partial charge in [0.25, 0.3) is 5.91 Å². The molecule has 31 heavy (non-hydrogen) atoms. The summed E-state index contributed by atoms with van der Waals surface area (Å²) in [7, 11) is 0. The van der Waals surface area contributed by atoms with Crippen molar-refractivity contribution in [3.05, 3.63) is 113 Å². The Hall–Kier alpha value is -3.73. The van der Waals surface area contributed by atoms with Crippen molar-refractivity contribution in [2.45, 2.75) is 13.0 Å². The predicted octanol–water partition coefficient (Wildman–Crippen LogP) is 4.57. The first-order valence-electron chi connectivity index (χ1n) is 10.4. The Kier molecular flexibility index (Phi) is 4.86. The molecule has 0 aromatic heterocycles. The number of anilines is 1. The quantitative estimate of drug-likeness (QED) is 0.686. The maximum absolute atomic E-state index is 15.1. The van der Waals surface area contributed by atoms with Crippen LogP contribution in [0.3, 0.4) is 0 Å². The Morgan fingerprint density at radius 1 is 0.968 bits per heavy atom. The van der Waals surface area contributed by atoms with Gasteiger partial charge in [-0.15, -0.1) is 0 Å². The number of carbonyl (C=O) groups excluding carboxylic acids is 1. The number of nitrogens with one attached hydrogen (secondary N) is 1. The molecular formula is C26H22FN3O. The summed E-state index contributed by atoms with van der Waals surface area (Å²) in [5, 5.41) is 3.27. The fourth-order valence-electron chi connectivity index (χ4n) is 4.28. The highest BCUT2D eigenvalue weighted by molar-refractivity contribution is 6.23. The van der Waals surface area contributed by atoms with Gasteiger partial charge in [-0.2, -0.15) is 0 Å². The van der Waals surface area contributed by atoms with E-state index in [1.54, 1.807) is 23.1 Å². The van der Waals surface area contributed by atoms with E-state index in [2.05, 4.69) is 5.32 Å². The van der Waals surface area contributed by atoms with Crippen molar-refractivity contribution in [1.82, 2.24) is 5.32 Å². The minimum atomic E-state index is -0.614. The van der Waals surface area contributed by atoms with Gasteiger partial charge < -0.3 is 5.32 Å². The Morgan fingerprint density at radius 3 is 2.42 bits per heavy atom. The number of aryl methyl sites for hydroxylation is 1. The molecule has 3 aromatic carbocycles. The van der Waals surface area contributed by atoms with E-state index in [0.717, 1.165) is 28.1 Å². The molecule has 154 valence electrons. The van der Waals surface area contributed by atoms with E-state index in [1.807, 2.05) is 61.5 Å². The van der Waals surface area contributed by atoms with Gasteiger partial charge in [-0.3, -0.25) is 14.7 Å². The molecule has 0 saturated heterocycles. The molecule has 2 aliphatic heterocycles. The highest BCUT2D eigenvalue weighted by Crippen LogP contribution is 2.43. The third-order valence-corrected chi connectivity index (χ3v) is 5.73. The van der Waals surface area contributed by atoms with Crippen LogP contribution in [0, 0.1) is 12.7 Å². The van der Waals surface area contributed by atoms with Gasteiger partial charge >= 0.3 is 0 Å². The minimum absolute atomic E-state index is 0.170. The average Bonchev–Trinajstić information content (AvgIpc) is 2.93. The van der Waals surface area contributed by atoms with E-state index in [9.17, 15) is 4.79 Å². The van der Waals surface area contributed by atoms with E-state index in [-0.39, 0.29) is 11.7 Å². The number of para-hydroxylation sites is 1. The van der Waals surface area contributed by atoms with E-state index in [0.29, 0.717) is 24.4 Å². The lowest BCUT2D eigenvalue weighted by atomic mass is 9.91. The largest absolute Gasteiger partial charge is 0.378 e. The summed E-state index contributed by atoms with van der Waals surface area (Å²) in [6.07, 6.45) is 0. The molecule has 5 rings (SSSR count). The smallest absolute Gasteiger partial charge is 0.275 e. The van der Waals surface area contributed by atoms with Crippen molar-refractivity contribution in [3.8, 4) is 0 Å². The second-order valence-electron chi connectivity index (χ2n) is 7.75. The van der Waals surface area contributed by atoms with E-state index >= 15 is 4.39 Å². The fourth-order valence-corrected chi connectivity index (χ4v) is 4.28. The SMILES string of the molecule is Cc1ccc(C2=NCCNC3=C2C(c2ccccc2F)N(c2ccccc2)C3=O)cc1. The summed E-state index contributed by atoms with van der Waals surface area (Å²) in [5.74, 6) is -0.515. The maximum Gasteiger partial charge on any atom is 0.275 e. The van der Waals surface area contributed by atoms with Crippen molar-refractivity contribution in [1.29, 1.82) is 0 Å². The van der Waals surface area contributed by atoms with Gasteiger partial charge in [0.1, 0.15) is 11.5 Å². The van der Waals surface area contributed by atoms with Crippen molar-refractivity contribution in [3.63, 3.8) is 0 Å². The van der Waals surface area contributed by atoms with Crippen LogP contribution in [0.2, 0.25) is 0 Å². The summed E-state index contributed by atoms with van der Waals surface area (Å²) in [4.78, 5) is 20.1. The van der Waals surface area contributed by atoms with Crippen LogP contribution < -0.4 is 10.2 Å². The molecule has 5 heteroatoms. The molecule has 4 nitrogen and oxygen atoms in total. The second-order valence-corrected chi connectivity index (χ2v) is 7.75. The van der Waals surface area contributed by atoms with Gasteiger partial charge in [-0.25, -0.2) is 4.39 Å². The lowest BCUT2D eigenvalue weighted by Gasteiger charge is -2.28. The van der Waals surface area contributed by atoms with Gasteiger partial charge in [0.05, 0.1) is 18.3 Å². The van der Waals surface area contributed by atoms with Crippen LogP contribution in [0.5, 0.6) is 0 Å². The third-order valence-electron chi connectivity index (χ3n) is 5.73. The molecule has 0 saturated carbocycles.